The molecule has 0 radical (unpaired) electrons. The number of rotatable bonds is 5. The van der Waals surface area contributed by atoms with Crippen molar-refractivity contribution in [3.8, 4) is 11.3 Å². The molecule has 0 aliphatic rings. The Kier molecular flexibility index (Phi) is 5.67. The van der Waals surface area contributed by atoms with Crippen LogP contribution in [0.15, 0.2) is 63.2 Å². The number of hydrogen-bond donors (Lipinski definition) is 0. The molecule has 4 nitrogen and oxygen atoms in total. The van der Waals surface area contributed by atoms with E-state index in [1.807, 2.05) is 37.4 Å². The third kappa shape index (κ3) is 4.20. The third-order valence-corrected chi connectivity index (χ3v) is 6.55. The summed E-state index contributed by atoms with van der Waals surface area (Å²) in [6.07, 6.45) is 0. The molecule has 6 heteroatoms. The molecule has 2 heterocycles. The van der Waals surface area contributed by atoms with Gasteiger partial charge in [0.05, 0.1) is 21.5 Å². The van der Waals surface area contributed by atoms with E-state index in [9.17, 15) is 4.79 Å². The molecule has 0 N–H and O–H groups in total. The van der Waals surface area contributed by atoms with E-state index in [1.165, 1.54) is 10.4 Å². The van der Waals surface area contributed by atoms with E-state index in [2.05, 4.69) is 58.9 Å². The van der Waals surface area contributed by atoms with E-state index in [-0.39, 0.29) is 5.56 Å². The Bertz CT molecular complexity index is 1240. The number of aromatic nitrogens is 2. The molecule has 2 aromatic carbocycles. The topological polar surface area (TPSA) is 38.1 Å². The van der Waals surface area contributed by atoms with Crippen LogP contribution in [0.25, 0.3) is 22.0 Å². The lowest BCUT2D eigenvalue weighted by atomic mass is 9.99. The van der Waals surface area contributed by atoms with Gasteiger partial charge in [-0.25, -0.2) is 4.68 Å². The molecule has 2 aromatic heterocycles. The van der Waals surface area contributed by atoms with Crippen LogP contribution in [-0.2, 0) is 13.2 Å². The van der Waals surface area contributed by atoms with Crippen LogP contribution in [0, 0.1) is 13.8 Å². The van der Waals surface area contributed by atoms with Crippen LogP contribution in [0.5, 0.6) is 0 Å². The summed E-state index contributed by atoms with van der Waals surface area (Å²) in [5.41, 5.74) is 4.19. The number of nitrogens with zero attached hydrogens (tertiary/aromatic N) is 3. The molecule has 0 saturated carbocycles. The van der Waals surface area contributed by atoms with Crippen molar-refractivity contribution in [3.63, 3.8) is 0 Å². The van der Waals surface area contributed by atoms with Gasteiger partial charge in [-0.2, -0.15) is 5.10 Å². The molecule has 0 aliphatic heterocycles. The van der Waals surface area contributed by atoms with Crippen molar-refractivity contribution in [2.75, 3.05) is 7.05 Å². The summed E-state index contributed by atoms with van der Waals surface area (Å²) >= 11 is 5.21. The van der Waals surface area contributed by atoms with Gasteiger partial charge in [0.1, 0.15) is 0 Å². The van der Waals surface area contributed by atoms with Crippen molar-refractivity contribution in [3.05, 3.63) is 84.7 Å². The van der Waals surface area contributed by atoms with Crippen molar-refractivity contribution in [2.45, 2.75) is 27.1 Å². The highest BCUT2D eigenvalue weighted by molar-refractivity contribution is 9.11. The Morgan fingerprint density at radius 2 is 1.83 bits per heavy atom. The predicted molar refractivity (Wildman–Crippen MR) is 124 cm³/mol. The van der Waals surface area contributed by atoms with Gasteiger partial charge in [0, 0.05) is 22.4 Å². The van der Waals surface area contributed by atoms with Crippen LogP contribution in [0.3, 0.4) is 0 Å². The molecule has 0 amide bonds. The molecule has 0 bridgehead atoms. The maximum atomic E-state index is 13.1. The SMILES string of the molecule is Cc1ccc(C)c(-c2nn(CN(C)Cc3ccc(Br)s3)c(=O)c3ccccc23)c1. The summed E-state index contributed by atoms with van der Waals surface area (Å²) in [7, 11) is 2.01. The first kappa shape index (κ1) is 20.0. The maximum absolute atomic E-state index is 13.1. The van der Waals surface area contributed by atoms with Crippen molar-refractivity contribution in [1.82, 2.24) is 14.7 Å². The highest BCUT2D eigenvalue weighted by Gasteiger charge is 2.15. The normalized spacial score (nSPS) is 11.5. The van der Waals surface area contributed by atoms with Crippen molar-refractivity contribution in [2.24, 2.45) is 0 Å². The fraction of sp³-hybridized carbons (Fsp3) is 0.217. The quantitative estimate of drug-likeness (QED) is 0.383. The van der Waals surface area contributed by atoms with E-state index in [0.717, 1.165) is 32.5 Å². The summed E-state index contributed by atoms with van der Waals surface area (Å²) in [5, 5.41) is 6.41. The fourth-order valence-electron chi connectivity index (χ4n) is 3.50. The van der Waals surface area contributed by atoms with Gasteiger partial charge in [0.15, 0.2) is 0 Å². The zero-order valence-corrected chi connectivity index (χ0v) is 19.0. The number of fused-ring (bicyclic) bond motifs is 1. The smallest absolute Gasteiger partial charge is 0.275 e. The zero-order chi connectivity index (χ0) is 20.5. The second-order valence-corrected chi connectivity index (χ2v) is 9.93. The number of thiophene rings is 1. The number of benzene rings is 2. The summed E-state index contributed by atoms with van der Waals surface area (Å²) in [4.78, 5) is 16.5. The maximum Gasteiger partial charge on any atom is 0.275 e. The summed E-state index contributed by atoms with van der Waals surface area (Å²) in [6, 6.07) is 18.2. The standard InChI is InChI=1S/C23H22BrN3OS/c1-15-8-9-16(2)20(12-15)22-18-6-4-5-7-19(18)23(28)27(25-22)14-26(3)13-17-10-11-21(24)29-17/h4-12H,13-14H2,1-3H3. The summed E-state index contributed by atoms with van der Waals surface area (Å²) in [6.45, 7) is 5.35. The molecule has 0 spiro atoms. The Labute approximate surface area is 182 Å². The lowest BCUT2D eigenvalue weighted by Crippen LogP contribution is -2.31. The van der Waals surface area contributed by atoms with Crippen LogP contribution < -0.4 is 5.56 Å². The van der Waals surface area contributed by atoms with E-state index >= 15 is 0 Å². The predicted octanol–water partition coefficient (Wildman–Crippen LogP) is 5.59. The first-order chi connectivity index (χ1) is 13.9. The second-order valence-electron chi connectivity index (χ2n) is 7.38. The van der Waals surface area contributed by atoms with Crippen LogP contribution in [-0.4, -0.2) is 21.7 Å². The molecular formula is C23H22BrN3OS. The summed E-state index contributed by atoms with van der Waals surface area (Å²) in [5.74, 6) is 0. The molecule has 4 rings (SSSR count). The molecule has 0 atom stereocenters. The zero-order valence-electron chi connectivity index (χ0n) is 16.6. The third-order valence-electron chi connectivity index (χ3n) is 4.95. The Morgan fingerprint density at radius 3 is 2.55 bits per heavy atom. The van der Waals surface area contributed by atoms with Gasteiger partial charge in [-0.15, -0.1) is 11.3 Å². The van der Waals surface area contributed by atoms with Crippen LogP contribution in [0.1, 0.15) is 16.0 Å². The van der Waals surface area contributed by atoms with Gasteiger partial charge < -0.3 is 0 Å². The average Bonchev–Trinajstić information content (AvgIpc) is 3.10. The van der Waals surface area contributed by atoms with Gasteiger partial charge in [-0.1, -0.05) is 35.9 Å². The fourth-order valence-corrected chi connectivity index (χ4v) is 5.07. The number of hydrogen-bond acceptors (Lipinski definition) is 4. The minimum atomic E-state index is -0.0612. The Balaban J connectivity index is 1.79. The Morgan fingerprint density at radius 1 is 1.07 bits per heavy atom. The monoisotopic (exact) mass is 467 g/mol. The average molecular weight is 468 g/mol. The van der Waals surface area contributed by atoms with E-state index in [0.29, 0.717) is 12.1 Å². The molecule has 0 unspecified atom stereocenters. The highest BCUT2D eigenvalue weighted by atomic mass is 79.9. The molecule has 0 fully saturated rings. The molecule has 0 saturated heterocycles. The first-order valence-corrected chi connectivity index (χ1v) is 11.0. The molecule has 4 aromatic rings. The molecule has 0 aliphatic carbocycles. The van der Waals surface area contributed by atoms with Crippen molar-refractivity contribution < 1.29 is 0 Å². The van der Waals surface area contributed by atoms with Crippen LogP contribution in [0.2, 0.25) is 0 Å². The largest absolute Gasteiger partial charge is 0.282 e. The highest BCUT2D eigenvalue weighted by Crippen LogP contribution is 2.28. The van der Waals surface area contributed by atoms with Gasteiger partial charge in [0.2, 0.25) is 0 Å². The van der Waals surface area contributed by atoms with Crippen LogP contribution >= 0.6 is 27.3 Å². The van der Waals surface area contributed by atoms with E-state index in [4.69, 9.17) is 5.10 Å². The van der Waals surface area contributed by atoms with Crippen molar-refractivity contribution in [1.29, 1.82) is 0 Å². The summed E-state index contributed by atoms with van der Waals surface area (Å²) < 4.78 is 2.70. The van der Waals surface area contributed by atoms with Gasteiger partial charge in [-0.3, -0.25) is 9.69 Å². The number of aryl methyl sites for hydroxylation is 2. The van der Waals surface area contributed by atoms with Gasteiger partial charge in [0.25, 0.3) is 5.56 Å². The minimum absolute atomic E-state index is 0.0612. The lowest BCUT2D eigenvalue weighted by molar-refractivity contribution is 0.243. The lowest BCUT2D eigenvalue weighted by Gasteiger charge is -2.18. The van der Waals surface area contributed by atoms with Gasteiger partial charge in [-0.05, 0) is 66.7 Å². The van der Waals surface area contributed by atoms with Crippen molar-refractivity contribution >= 4 is 38.0 Å². The Hall–Kier alpha value is -2.28. The van der Waals surface area contributed by atoms with E-state index in [1.54, 1.807) is 16.0 Å². The molecular weight excluding hydrogens is 446 g/mol. The number of halogens is 1. The van der Waals surface area contributed by atoms with Crippen LogP contribution in [0.4, 0.5) is 0 Å². The van der Waals surface area contributed by atoms with E-state index < -0.39 is 0 Å². The van der Waals surface area contributed by atoms with Gasteiger partial charge >= 0.3 is 0 Å². The second kappa shape index (κ2) is 8.22. The first-order valence-electron chi connectivity index (χ1n) is 9.42. The minimum Gasteiger partial charge on any atom is -0.282 e. The molecule has 29 heavy (non-hydrogen) atoms. The molecule has 148 valence electrons.